The third-order valence-electron chi connectivity index (χ3n) is 5.83. The molecule has 0 heterocycles. The molecule has 153 valence electrons. The van der Waals surface area contributed by atoms with E-state index >= 15 is 0 Å². The molecule has 1 saturated carbocycles. The second-order valence-corrected chi connectivity index (χ2v) is 9.82. The average Bonchev–Trinajstić information content (AvgIpc) is 2.69. The molecule has 0 N–H and O–H groups in total. The van der Waals surface area contributed by atoms with E-state index in [1.54, 1.807) is 12.1 Å². The summed E-state index contributed by atoms with van der Waals surface area (Å²) in [5, 5.41) is 0. The van der Waals surface area contributed by atoms with Crippen LogP contribution in [0.25, 0.3) is 0 Å². The molecule has 0 unspecified atom stereocenters. The molecule has 29 heavy (non-hydrogen) atoms. The smallest absolute Gasteiger partial charge is 0.188 e. The van der Waals surface area contributed by atoms with Crippen LogP contribution in [-0.2, 0) is 52.1 Å². The molecule has 1 fully saturated rings. The van der Waals surface area contributed by atoms with Gasteiger partial charge < -0.3 is 4.79 Å². The van der Waals surface area contributed by atoms with Gasteiger partial charge in [-0.25, -0.2) is 17.2 Å². The Hall–Kier alpha value is -0.976. The summed E-state index contributed by atoms with van der Waals surface area (Å²) in [5.74, 6) is -1.19. The van der Waals surface area contributed by atoms with Crippen molar-refractivity contribution in [3.05, 3.63) is 65.2 Å². The van der Waals surface area contributed by atoms with E-state index in [1.165, 1.54) is 12.1 Å². The van der Waals surface area contributed by atoms with Gasteiger partial charge >= 0.3 is 0 Å². The molecule has 0 bridgehead atoms. The summed E-state index contributed by atoms with van der Waals surface area (Å²) in [7, 11) is -3.96. The third-order valence-corrected chi connectivity index (χ3v) is 8.38. The quantitative estimate of drug-likeness (QED) is 0.530. The van der Waals surface area contributed by atoms with Crippen LogP contribution in [-0.4, -0.2) is 14.7 Å². The molecule has 2 aromatic carbocycles. The molecule has 2 aromatic rings. The van der Waals surface area contributed by atoms with Crippen LogP contribution in [0.15, 0.2) is 47.4 Å². The zero-order valence-electron chi connectivity index (χ0n) is 16.3. The maximum Gasteiger partial charge on any atom is 0.188 e. The van der Waals surface area contributed by atoms with E-state index in [1.807, 2.05) is 13.2 Å². The summed E-state index contributed by atoms with van der Waals surface area (Å²) in [6.45, 7) is 1.85. The Labute approximate surface area is 196 Å². The molecular weight excluding hydrogens is 471 g/mol. The van der Waals surface area contributed by atoms with Crippen LogP contribution in [0.3, 0.4) is 0 Å². The predicted molar refractivity (Wildman–Crippen MR) is 103 cm³/mol. The molecule has 1 aliphatic carbocycles. The largest absolute Gasteiger partial charge is 0.542 e. The van der Waals surface area contributed by atoms with Crippen LogP contribution in [0, 0.1) is 24.5 Å². The van der Waals surface area contributed by atoms with Gasteiger partial charge in [0.1, 0.15) is 16.4 Å². The summed E-state index contributed by atoms with van der Waals surface area (Å²) in [5.41, 5.74) is 0.812. The Morgan fingerprint density at radius 3 is 2.28 bits per heavy atom. The van der Waals surface area contributed by atoms with Gasteiger partial charge in [-0.3, -0.25) is 6.29 Å². The number of carbonyl (C=O) groups excluding carboxylic acids is 1. The number of hydrogen-bond acceptors (Lipinski definition) is 3. The summed E-state index contributed by atoms with van der Waals surface area (Å²) >= 11 is 0. The molecule has 0 spiro atoms. The van der Waals surface area contributed by atoms with Crippen molar-refractivity contribution < 1.29 is 54.7 Å². The van der Waals surface area contributed by atoms with Crippen molar-refractivity contribution in [2.45, 2.75) is 55.1 Å². The number of halogens is 2. The zero-order valence-corrected chi connectivity index (χ0v) is 20.0. The summed E-state index contributed by atoms with van der Waals surface area (Å²) in [6, 6.07) is 9.46. The maximum absolute atomic E-state index is 14.7. The summed E-state index contributed by atoms with van der Waals surface area (Å²) < 4.78 is 54.5. The Bertz CT molecular complexity index is 951. The van der Waals surface area contributed by atoms with Crippen molar-refractivity contribution in [3.8, 4) is 0 Å². The van der Waals surface area contributed by atoms with E-state index in [0.717, 1.165) is 23.8 Å². The van der Waals surface area contributed by atoms with Gasteiger partial charge in [-0.2, -0.15) is 6.42 Å². The Morgan fingerprint density at radius 1 is 1.07 bits per heavy atom. The first-order chi connectivity index (χ1) is 13.3. The molecule has 1 radical (unpaired) electrons. The van der Waals surface area contributed by atoms with Crippen LogP contribution in [0.5, 0.6) is 0 Å². The molecule has 0 aliphatic heterocycles. The van der Waals surface area contributed by atoms with Gasteiger partial charge in [0.2, 0.25) is 0 Å². The average molecular weight is 494 g/mol. The van der Waals surface area contributed by atoms with Crippen molar-refractivity contribution in [2.24, 2.45) is 5.92 Å². The molecule has 7 heteroatoms. The van der Waals surface area contributed by atoms with Crippen molar-refractivity contribution in [1.82, 2.24) is 0 Å². The van der Waals surface area contributed by atoms with E-state index < -0.39 is 26.2 Å². The Morgan fingerprint density at radius 2 is 1.69 bits per heavy atom. The van der Waals surface area contributed by atoms with Gasteiger partial charge in [0.15, 0.2) is 9.84 Å². The van der Waals surface area contributed by atoms with Crippen molar-refractivity contribution >= 4 is 16.1 Å². The predicted octanol–water partition coefficient (Wildman–Crippen LogP) is 5.02. The van der Waals surface area contributed by atoms with Gasteiger partial charge in [-0.05, 0) is 68.9 Å². The zero-order chi connectivity index (χ0) is 20.4. The van der Waals surface area contributed by atoms with Crippen molar-refractivity contribution in [3.63, 3.8) is 0 Å². The standard InChI is InChI=1S/C22H23F2O3S.Y/c1-16-4-7-19(8-5-16)28(26,27)22(20-15-18(23)6-9-21(20)24)12-10-17(11-13-22)3-2-14-25;/h4-9,15,17H,2-3,10-13H2,1H3;/q-1;. The fourth-order valence-corrected chi connectivity index (χ4v) is 6.33. The molecule has 0 atom stereocenters. The normalized spacial score (nSPS) is 22.0. The van der Waals surface area contributed by atoms with Gasteiger partial charge in [-0.15, -0.1) is 0 Å². The van der Waals surface area contributed by atoms with Crippen LogP contribution in [0.4, 0.5) is 8.78 Å². The first-order valence-corrected chi connectivity index (χ1v) is 10.9. The number of sulfone groups is 1. The molecule has 0 amide bonds. The molecule has 3 rings (SSSR count). The summed E-state index contributed by atoms with van der Waals surface area (Å²) in [4.78, 5) is 10.7. The van der Waals surface area contributed by atoms with Gasteiger partial charge in [0.25, 0.3) is 0 Å². The minimum atomic E-state index is -3.96. The fraction of sp³-hybridized carbons (Fsp3) is 0.409. The minimum Gasteiger partial charge on any atom is -0.542 e. The number of hydrogen-bond donors (Lipinski definition) is 0. The van der Waals surface area contributed by atoms with E-state index in [-0.39, 0.29) is 61.9 Å². The van der Waals surface area contributed by atoms with Gasteiger partial charge in [0.05, 0.1) is 4.90 Å². The van der Waals surface area contributed by atoms with Crippen molar-refractivity contribution in [1.29, 1.82) is 0 Å². The van der Waals surface area contributed by atoms with Crippen LogP contribution in [0.2, 0.25) is 0 Å². The molecule has 0 aromatic heterocycles. The topological polar surface area (TPSA) is 51.2 Å². The van der Waals surface area contributed by atoms with Crippen molar-refractivity contribution in [2.75, 3.05) is 0 Å². The van der Waals surface area contributed by atoms with E-state index in [9.17, 15) is 22.0 Å². The Balaban J connectivity index is 0.00000300. The fourth-order valence-electron chi connectivity index (χ4n) is 4.17. The molecular formula is C22H23F2O3SY-. The SMILES string of the molecule is Cc1ccc(S(=O)(=O)C2(c3cc(F)ccc3F)CCC(CC[C-]=O)CC2)cc1.[Y]. The number of benzene rings is 2. The second-order valence-electron chi connectivity index (χ2n) is 7.56. The van der Waals surface area contributed by atoms with Gasteiger partial charge in [0, 0.05) is 38.3 Å². The Kier molecular flexibility index (Phi) is 8.28. The minimum absolute atomic E-state index is 0. The third kappa shape index (κ3) is 4.86. The first-order valence-electron chi connectivity index (χ1n) is 9.42. The van der Waals surface area contributed by atoms with Crippen LogP contribution in [0.1, 0.15) is 49.7 Å². The molecule has 3 nitrogen and oxygen atoms in total. The van der Waals surface area contributed by atoms with Gasteiger partial charge in [-0.1, -0.05) is 24.1 Å². The molecule has 0 saturated heterocycles. The number of rotatable bonds is 6. The monoisotopic (exact) mass is 494 g/mol. The van der Waals surface area contributed by atoms with E-state index in [4.69, 9.17) is 0 Å². The maximum atomic E-state index is 14.7. The van der Waals surface area contributed by atoms with Crippen LogP contribution < -0.4 is 0 Å². The summed E-state index contributed by atoms with van der Waals surface area (Å²) in [6.07, 6.45) is 4.24. The second kappa shape index (κ2) is 9.89. The number of aryl methyl sites for hydroxylation is 1. The molecule has 1 aliphatic rings. The van der Waals surface area contributed by atoms with Crippen LogP contribution >= 0.6 is 0 Å². The van der Waals surface area contributed by atoms with E-state index in [2.05, 4.69) is 0 Å². The van der Waals surface area contributed by atoms with E-state index in [0.29, 0.717) is 25.7 Å². The first kappa shape index (κ1) is 24.3.